The van der Waals surface area contributed by atoms with E-state index in [1.165, 1.54) is 0 Å². The van der Waals surface area contributed by atoms with Gasteiger partial charge in [0.05, 0.1) is 5.71 Å². The standard InChI is InChI=1S/C11H15NO/c1-9(12-13)10-6-4-5-7-11(2,3)8-10/h4-8,13H,1-3H3/b12-9+. The number of rotatable bonds is 1. The second-order valence-electron chi connectivity index (χ2n) is 3.82. The third-order valence-electron chi connectivity index (χ3n) is 2.01. The molecule has 70 valence electrons. The Morgan fingerprint density at radius 2 is 2.08 bits per heavy atom. The van der Waals surface area contributed by atoms with Crippen LogP contribution in [0.15, 0.2) is 41.1 Å². The van der Waals surface area contributed by atoms with Crippen LogP contribution in [-0.2, 0) is 0 Å². The lowest BCUT2D eigenvalue weighted by molar-refractivity contribution is 0.319. The van der Waals surface area contributed by atoms with Gasteiger partial charge in [-0.2, -0.15) is 0 Å². The molecular formula is C11H15NO. The maximum atomic E-state index is 8.64. The van der Waals surface area contributed by atoms with Crippen molar-refractivity contribution >= 4 is 5.71 Å². The van der Waals surface area contributed by atoms with E-state index in [4.69, 9.17) is 5.21 Å². The highest BCUT2D eigenvalue weighted by Gasteiger charge is 2.13. The summed E-state index contributed by atoms with van der Waals surface area (Å²) < 4.78 is 0. The van der Waals surface area contributed by atoms with Crippen molar-refractivity contribution in [2.45, 2.75) is 20.8 Å². The van der Waals surface area contributed by atoms with Gasteiger partial charge >= 0.3 is 0 Å². The molecule has 0 unspecified atom stereocenters. The van der Waals surface area contributed by atoms with Gasteiger partial charge in [0.1, 0.15) is 0 Å². The number of hydrogen-bond donors (Lipinski definition) is 1. The average Bonchev–Trinajstić information content (AvgIpc) is 2.25. The fraction of sp³-hybridized carbons (Fsp3) is 0.364. The van der Waals surface area contributed by atoms with Crippen LogP contribution in [0.2, 0.25) is 0 Å². The first-order valence-corrected chi connectivity index (χ1v) is 4.33. The molecule has 0 aromatic heterocycles. The van der Waals surface area contributed by atoms with Gasteiger partial charge in [0.15, 0.2) is 0 Å². The van der Waals surface area contributed by atoms with Gasteiger partial charge in [0, 0.05) is 5.41 Å². The molecular weight excluding hydrogens is 162 g/mol. The molecule has 0 spiro atoms. The van der Waals surface area contributed by atoms with Crippen molar-refractivity contribution in [2.24, 2.45) is 10.6 Å². The maximum absolute atomic E-state index is 8.64. The highest BCUT2D eigenvalue weighted by Crippen LogP contribution is 2.24. The Bertz CT molecular complexity index is 306. The van der Waals surface area contributed by atoms with Crippen LogP contribution < -0.4 is 0 Å². The Hall–Kier alpha value is -1.31. The summed E-state index contributed by atoms with van der Waals surface area (Å²) in [4.78, 5) is 0. The molecule has 0 amide bonds. The van der Waals surface area contributed by atoms with Crippen LogP contribution in [-0.4, -0.2) is 10.9 Å². The van der Waals surface area contributed by atoms with E-state index in [1.807, 2.05) is 18.2 Å². The number of oxime groups is 1. The minimum atomic E-state index is 0.0186. The van der Waals surface area contributed by atoms with Crippen molar-refractivity contribution < 1.29 is 5.21 Å². The van der Waals surface area contributed by atoms with Gasteiger partial charge in [-0.15, -0.1) is 0 Å². The Labute approximate surface area is 79.0 Å². The van der Waals surface area contributed by atoms with E-state index >= 15 is 0 Å². The molecule has 0 bridgehead atoms. The Balaban J connectivity index is 3.05. The molecule has 0 aromatic rings. The van der Waals surface area contributed by atoms with Crippen molar-refractivity contribution in [1.82, 2.24) is 0 Å². The molecule has 1 rings (SSSR count). The van der Waals surface area contributed by atoms with Crippen LogP contribution in [0.4, 0.5) is 0 Å². The molecule has 0 fully saturated rings. The first kappa shape index (κ1) is 9.78. The first-order chi connectivity index (χ1) is 6.05. The van der Waals surface area contributed by atoms with Crippen molar-refractivity contribution in [3.05, 3.63) is 36.0 Å². The van der Waals surface area contributed by atoms with E-state index in [9.17, 15) is 0 Å². The summed E-state index contributed by atoms with van der Waals surface area (Å²) >= 11 is 0. The molecule has 1 aliphatic rings. The second-order valence-corrected chi connectivity index (χ2v) is 3.82. The van der Waals surface area contributed by atoms with E-state index in [0.29, 0.717) is 5.71 Å². The van der Waals surface area contributed by atoms with Crippen LogP contribution in [0.25, 0.3) is 0 Å². The van der Waals surface area contributed by atoms with E-state index in [-0.39, 0.29) is 5.41 Å². The summed E-state index contributed by atoms with van der Waals surface area (Å²) in [6.45, 7) is 6.01. The lowest BCUT2D eigenvalue weighted by atomic mass is 9.90. The van der Waals surface area contributed by atoms with Crippen LogP contribution >= 0.6 is 0 Å². The minimum Gasteiger partial charge on any atom is -0.411 e. The van der Waals surface area contributed by atoms with Gasteiger partial charge in [-0.25, -0.2) is 0 Å². The summed E-state index contributed by atoms with van der Waals surface area (Å²) in [5, 5.41) is 11.8. The fourth-order valence-electron chi connectivity index (χ4n) is 1.24. The summed E-state index contributed by atoms with van der Waals surface area (Å²) in [5.41, 5.74) is 1.63. The van der Waals surface area contributed by atoms with Gasteiger partial charge in [0.2, 0.25) is 0 Å². The Morgan fingerprint density at radius 3 is 2.69 bits per heavy atom. The summed E-state index contributed by atoms with van der Waals surface area (Å²) in [7, 11) is 0. The fourth-order valence-corrected chi connectivity index (χ4v) is 1.24. The van der Waals surface area contributed by atoms with Crippen LogP contribution in [0.1, 0.15) is 20.8 Å². The highest BCUT2D eigenvalue weighted by atomic mass is 16.4. The molecule has 0 atom stereocenters. The lowest BCUT2D eigenvalue weighted by Gasteiger charge is -2.14. The third-order valence-corrected chi connectivity index (χ3v) is 2.01. The zero-order chi connectivity index (χ0) is 9.90. The summed E-state index contributed by atoms with van der Waals surface area (Å²) in [6.07, 6.45) is 10.1. The highest BCUT2D eigenvalue weighted by molar-refractivity contribution is 6.00. The number of hydrogen-bond acceptors (Lipinski definition) is 2. The van der Waals surface area contributed by atoms with Crippen LogP contribution in [0.5, 0.6) is 0 Å². The summed E-state index contributed by atoms with van der Waals surface area (Å²) in [5.74, 6) is 0. The maximum Gasteiger partial charge on any atom is 0.0834 e. The monoisotopic (exact) mass is 177 g/mol. The quantitative estimate of drug-likeness (QED) is 0.373. The van der Waals surface area contributed by atoms with Crippen LogP contribution in [0.3, 0.4) is 0 Å². The van der Waals surface area contributed by atoms with Gasteiger partial charge in [-0.05, 0) is 12.5 Å². The van der Waals surface area contributed by atoms with E-state index in [2.05, 4.69) is 31.2 Å². The zero-order valence-corrected chi connectivity index (χ0v) is 8.28. The molecule has 2 nitrogen and oxygen atoms in total. The Morgan fingerprint density at radius 1 is 1.38 bits per heavy atom. The van der Waals surface area contributed by atoms with Gasteiger partial charge in [0.25, 0.3) is 0 Å². The molecule has 13 heavy (non-hydrogen) atoms. The molecule has 2 heteroatoms. The smallest absolute Gasteiger partial charge is 0.0834 e. The molecule has 1 N–H and O–H groups in total. The minimum absolute atomic E-state index is 0.0186. The molecule has 0 heterocycles. The van der Waals surface area contributed by atoms with Crippen molar-refractivity contribution in [3.8, 4) is 0 Å². The molecule has 0 saturated heterocycles. The average molecular weight is 177 g/mol. The molecule has 0 aliphatic heterocycles. The van der Waals surface area contributed by atoms with Crippen molar-refractivity contribution in [1.29, 1.82) is 0 Å². The predicted octanol–water partition coefficient (Wildman–Crippen LogP) is 2.92. The molecule has 0 saturated carbocycles. The second kappa shape index (κ2) is 3.60. The predicted molar refractivity (Wildman–Crippen MR) is 55.0 cm³/mol. The van der Waals surface area contributed by atoms with Crippen molar-refractivity contribution in [3.63, 3.8) is 0 Å². The van der Waals surface area contributed by atoms with E-state index in [1.54, 1.807) is 6.92 Å². The SMILES string of the molecule is C/C(=N\O)C1=CC(C)(C)C=CC=C1. The summed E-state index contributed by atoms with van der Waals surface area (Å²) in [6, 6.07) is 0. The normalized spacial score (nSPS) is 21.2. The largest absolute Gasteiger partial charge is 0.411 e. The Kier molecular flexibility index (Phi) is 2.71. The van der Waals surface area contributed by atoms with Gasteiger partial charge < -0.3 is 5.21 Å². The zero-order valence-electron chi connectivity index (χ0n) is 8.28. The number of nitrogens with zero attached hydrogens (tertiary/aromatic N) is 1. The first-order valence-electron chi connectivity index (χ1n) is 4.33. The van der Waals surface area contributed by atoms with Gasteiger partial charge in [-0.3, -0.25) is 0 Å². The van der Waals surface area contributed by atoms with E-state index in [0.717, 1.165) is 5.57 Å². The molecule has 0 radical (unpaired) electrons. The van der Waals surface area contributed by atoms with Crippen LogP contribution in [0, 0.1) is 5.41 Å². The van der Waals surface area contributed by atoms with E-state index < -0.39 is 0 Å². The van der Waals surface area contributed by atoms with Crippen molar-refractivity contribution in [2.75, 3.05) is 0 Å². The lowest BCUT2D eigenvalue weighted by Crippen LogP contribution is -2.05. The topological polar surface area (TPSA) is 32.6 Å². The van der Waals surface area contributed by atoms with Gasteiger partial charge in [-0.1, -0.05) is 49.4 Å². The number of allylic oxidation sites excluding steroid dienone is 6. The molecule has 1 aliphatic carbocycles. The molecule has 0 aromatic carbocycles. The third kappa shape index (κ3) is 2.58.